The fourth-order valence-corrected chi connectivity index (χ4v) is 3.62. The van der Waals surface area contributed by atoms with Gasteiger partial charge in [-0.05, 0) is 43.3 Å². The van der Waals surface area contributed by atoms with Crippen molar-refractivity contribution in [2.24, 2.45) is 0 Å². The number of hydrogen-bond donors (Lipinski definition) is 3. The van der Waals surface area contributed by atoms with Gasteiger partial charge in [-0.3, -0.25) is 25.2 Å². The monoisotopic (exact) mass is 385 g/mol. The van der Waals surface area contributed by atoms with Gasteiger partial charge in [-0.25, -0.2) is 0 Å². The Morgan fingerprint density at radius 2 is 1.85 bits per heavy atom. The molecule has 1 aliphatic rings. The Morgan fingerprint density at radius 3 is 2.59 bits per heavy atom. The standard InChI is InChI=1S/C19H19N3O4S/c1-2-26-13-9-7-12(8-10-13)18(24)22-21-17(23)11-16-19(25)20-14-5-3-4-6-15(14)27-16/h3-10,16H,2,11H2,1H3,(H,20,25)(H,21,23)(H,22,24)/t16-/m1/s1. The van der Waals surface area contributed by atoms with E-state index < -0.39 is 17.1 Å². The molecule has 3 N–H and O–H groups in total. The van der Waals surface area contributed by atoms with E-state index in [-0.39, 0.29) is 12.3 Å². The number of amides is 3. The lowest BCUT2D eigenvalue weighted by Gasteiger charge is -2.23. The van der Waals surface area contributed by atoms with E-state index in [4.69, 9.17) is 4.74 Å². The van der Waals surface area contributed by atoms with E-state index in [0.717, 1.165) is 10.6 Å². The second kappa shape index (κ2) is 8.59. The molecule has 140 valence electrons. The maximum absolute atomic E-state index is 12.1. The van der Waals surface area contributed by atoms with Gasteiger partial charge in [-0.15, -0.1) is 11.8 Å². The van der Waals surface area contributed by atoms with Crippen LogP contribution in [0.5, 0.6) is 5.75 Å². The number of thioether (sulfide) groups is 1. The van der Waals surface area contributed by atoms with Crippen molar-refractivity contribution in [1.82, 2.24) is 10.9 Å². The molecule has 0 radical (unpaired) electrons. The number of fused-ring (bicyclic) bond motifs is 1. The van der Waals surface area contributed by atoms with E-state index in [0.29, 0.717) is 17.9 Å². The molecular weight excluding hydrogens is 366 g/mol. The summed E-state index contributed by atoms with van der Waals surface area (Å²) >= 11 is 1.33. The lowest BCUT2D eigenvalue weighted by Crippen LogP contribution is -2.44. The maximum atomic E-state index is 12.1. The van der Waals surface area contributed by atoms with Crippen molar-refractivity contribution in [3.63, 3.8) is 0 Å². The van der Waals surface area contributed by atoms with E-state index in [1.165, 1.54) is 11.8 Å². The van der Waals surface area contributed by atoms with Gasteiger partial charge in [0.15, 0.2) is 0 Å². The van der Waals surface area contributed by atoms with Crippen molar-refractivity contribution < 1.29 is 19.1 Å². The first-order valence-electron chi connectivity index (χ1n) is 8.45. The van der Waals surface area contributed by atoms with Gasteiger partial charge in [0.1, 0.15) is 5.75 Å². The number of nitrogens with one attached hydrogen (secondary N) is 3. The zero-order chi connectivity index (χ0) is 19.2. The van der Waals surface area contributed by atoms with Gasteiger partial charge >= 0.3 is 0 Å². The number of carbonyl (C=O) groups excluding carboxylic acids is 3. The van der Waals surface area contributed by atoms with E-state index in [1.807, 2.05) is 31.2 Å². The molecule has 0 aliphatic carbocycles. The Balaban J connectivity index is 1.51. The highest BCUT2D eigenvalue weighted by atomic mass is 32.2. The molecule has 0 fully saturated rings. The number of anilines is 1. The van der Waals surface area contributed by atoms with Gasteiger partial charge in [0, 0.05) is 16.9 Å². The second-order valence-corrected chi connectivity index (χ2v) is 7.00. The van der Waals surface area contributed by atoms with Crippen molar-refractivity contribution in [3.05, 3.63) is 54.1 Å². The lowest BCUT2D eigenvalue weighted by molar-refractivity contribution is -0.124. The summed E-state index contributed by atoms with van der Waals surface area (Å²) in [7, 11) is 0. The summed E-state index contributed by atoms with van der Waals surface area (Å²) in [6.07, 6.45) is -0.0472. The van der Waals surface area contributed by atoms with Crippen LogP contribution in [0.25, 0.3) is 0 Å². The second-order valence-electron chi connectivity index (χ2n) is 5.76. The van der Waals surface area contributed by atoms with Crippen LogP contribution in [0.2, 0.25) is 0 Å². The third-order valence-electron chi connectivity index (χ3n) is 3.82. The van der Waals surface area contributed by atoms with Crippen LogP contribution in [0.1, 0.15) is 23.7 Å². The van der Waals surface area contributed by atoms with Crippen LogP contribution in [0.3, 0.4) is 0 Å². The smallest absolute Gasteiger partial charge is 0.269 e. The predicted molar refractivity (Wildman–Crippen MR) is 103 cm³/mol. The van der Waals surface area contributed by atoms with E-state index >= 15 is 0 Å². The van der Waals surface area contributed by atoms with Crippen LogP contribution in [0.4, 0.5) is 5.69 Å². The zero-order valence-electron chi connectivity index (χ0n) is 14.7. The van der Waals surface area contributed by atoms with Crippen LogP contribution >= 0.6 is 11.8 Å². The molecule has 0 aromatic heterocycles. The number of rotatable bonds is 5. The topological polar surface area (TPSA) is 96.5 Å². The average Bonchev–Trinajstić information content (AvgIpc) is 2.67. The molecule has 8 heteroatoms. The summed E-state index contributed by atoms with van der Waals surface area (Å²) in [4.78, 5) is 37.2. The van der Waals surface area contributed by atoms with Crippen molar-refractivity contribution in [2.75, 3.05) is 11.9 Å². The normalized spacial score (nSPS) is 15.3. The van der Waals surface area contributed by atoms with Crippen molar-refractivity contribution in [3.8, 4) is 5.75 Å². The number of hydrogen-bond acceptors (Lipinski definition) is 5. The van der Waals surface area contributed by atoms with Gasteiger partial charge in [-0.1, -0.05) is 12.1 Å². The number of hydrazine groups is 1. The van der Waals surface area contributed by atoms with Crippen LogP contribution in [0, 0.1) is 0 Å². The van der Waals surface area contributed by atoms with Gasteiger partial charge in [0.2, 0.25) is 11.8 Å². The first-order valence-corrected chi connectivity index (χ1v) is 9.33. The SMILES string of the molecule is CCOc1ccc(C(=O)NNC(=O)C[C@H]2Sc3ccccc3NC2=O)cc1. The summed E-state index contributed by atoms with van der Waals surface area (Å²) < 4.78 is 5.32. The molecule has 0 saturated heterocycles. The Morgan fingerprint density at radius 1 is 1.11 bits per heavy atom. The summed E-state index contributed by atoms with van der Waals surface area (Å²) in [6.45, 7) is 2.42. The first-order chi connectivity index (χ1) is 13.1. The van der Waals surface area contributed by atoms with Crippen LogP contribution in [-0.4, -0.2) is 29.6 Å². The molecule has 0 unspecified atom stereocenters. The number of benzene rings is 2. The first kappa shape index (κ1) is 18.8. The van der Waals surface area contributed by atoms with Crippen molar-refractivity contribution >= 4 is 35.2 Å². The summed E-state index contributed by atoms with van der Waals surface area (Å²) in [5.41, 5.74) is 5.83. The molecule has 0 bridgehead atoms. The summed E-state index contributed by atoms with van der Waals surface area (Å²) in [5, 5.41) is 2.23. The van der Waals surface area contributed by atoms with Crippen molar-refractivity contribution in [1.29, 1.82) is 0 Å². The molecule has 3 amide bonds. The van der Waals surface area contributed by atoms with Gasteiger partial charge in [0.25, 0.3) is 5.91 Å². The molecule has 2 aromatic rings. The highest BCUT2D eigenvalue weighted by Gasteiger charge is 2.28. The van der Waals surface area contributed by atoms with E-state index in [2.05, 4.69) is 16.2 Å². The van der Waals surface area contributed by atoms with Crippen LogP contribution in [-0.2, 0) is 9.59 Å². The molecular formula is C19H19N3O4S. The quantitative estimate of drug-likeness (QED) is 0.687. The average molecular weight is 385 g/mol. The summed E-state index contributed by atoms with van der Waals surface area (Å²) in [6, 6.07) is 14.0. The summed E-state index contributed by atoms with van der Waals surface area (Å²) in [5.74, 6) is -0.454. The van der Waals surface area contributed by atoms with Crippen molar-refractivity contribution in [2.45, 2.75) is 23.5 Å². The van der Waals surface area contributed by atoms with Crippen LogP contribution in [0.15, 0.2) is 53.4 Å². The fourth-order valence-electron chi connectivity index (χ4n) is 2.51. The van der Waals surface area contributed by atoms with E-state index in [1.54, 1.807) is 24.3 Å². The molecule has 0 spiro atoms. The predicted octanol–water partition coefficient (Wildman–Crippen LogP) is 2.35. The third-order valence-corrected chi connectivity index (χ3v) is 5.10. The fraction of sp³-hybridized carbons (Fsp3) is 0.211. The molecule has 1 atom stereocenters. The van der Waals surface area contributed by atoms with Gasteiger partial charge in [-0.2, -0.15) is 0 Å². The lowest BCUT2D eigenvalue weighted by atomic mass is 10.2. The Bertz CT molecular complexity index is 854. The number of para-hydroxylation sites is 1. The highest BCUT2D eigenvalue weighted by molar-refractivity contribution is 8.01. The molecule has 3 rings (SSSR count). The zero-order valence-corrected chi connectivity index (χ0v) is 15.5. The van der Waals surface area contributed by atoms with Crippen LogP contribution < -0.4 is 20.9 Å². The molecule has 0 saturated carbocycles. The Labute approximate surface area is 160 Å². The Kier molecular flexibility index (Phi) is 5.97. The largest absolute Gasteiger partial charge is 0.494 e. The minimum atomic E-state index is -0.553. The Hall–Kier alpha value is -3.00. The van der Waals surface area contributed by atoms with Gasteiger partial charge < -0.3 is 10.1 Å². The minimum Gasteiger partial charge on any atom is -0.494 e. The maximum Gasteiger partial charge on any atom is 0.269 e. The molecule has 7 nitrogen and oxygen atoms in total. The molecule has 2 aromatic carbocycles. The molecule has 1 heterocycles. The van der Waals surface area contributed by atoms with E-state index in [9.17, 15) is 14.4 Å². The molecule has 1 aliphatic heterocycles. The molecule has 27 heavy (non-hydrogen) atoms. The number of ether oxygens (including phenoxy) is 1. The third kappa shape index (κ3) is 4.79. The highest BCUT2D eigenvalue weighted by Crippen LogP contribution is 2.36. The minimum absolute atomic E-state index is 0.0472. The number of carbonyl (C=O) groups is 3. The van der Waals surface area contributed by atoms with Gasteiger partial charge in [0.05, 0.1) is 17.5 Å².